The van der Waals surface area contributed by atoms with Crippen LogP contribution in [0.2, 0.25) is 10.0 Å². The van der Waals surface area contributed by atoms with Crippen LogP contribution in [0.5, 0.6) is 0 Å². The standard InChI is InChI=1S/C30H16B12Cl2NS/c1-30(2,3)9-5-7-10(8-6-9)45(27-23(40)21(38)22(39)25(43)26(27)44)29(42)13-14(31)11(17(34)24(41)28(13)46-4)12-15(32)18(35)20(37)19(36)16(12)33/h5-8H,1-4H3. The maximum absolute atomic E-state index is 7.10. The minimum absolute atomic E-state index is 0.00127. The summed E-state index contributed by atoms with van der Waals surface area (Å²) in [4.78, 5) is 2.00. The Morgan fingerprint density at radius 1 is 0.587 bits per heavy atom. The predicted octanol–water partition coefficient (Wildman–Crippen LogP) is -4.10. The molecule has 0 aliphatic carbocycles. The fraction of sp³-hybridized carbons (Fsp3) is 0.167. The molecule has 4 aromatic rings. The van der Waals surface area contributed by atoms with Crippen molar-refractivity contribution in [2.75, 3.05) is 11.2 Å². The van der Waals surface area contributed by atoms with Crippen molar-refractivity contribution in [2.45, 2.75) is 31.1 Å². The van der Waals surface area contributed by atoms with E-state index in [1.165, 1.54) is 11.8 Å². The second kappa shape index (κ2) is 13.6. The Labute approximate surface area is 302 Å². The Morgan fingerprint density at radius 2 is 1.02 bits per heavy atom. The molecule has 4 aromatic carbocycles. The molecular formula is C30H16B12Cl2NS. The van der Waals surface area contributed by atoms with E-state index in [9.17, 15) is 0 Å². The van der Waals surface area contributed by atoms with Gasteiger partial charge in [-0.2, -0.15) is 0 Å². The van der Waals surface area contributed by atoms with Gasteiger partial charge in [-0.25, -0.2) is 0 Å². The molecule has 46 heavy (non-hydrogen) atoms. The molecule has 0 aliphatic heterocycles. The van der Waals surface area contributed by atoms with Crippen LogP contribution < -0.4 is 65.0 Å². The molecule has 0 aromatic heterocycles. The van der Waals surface area contributed by atoms with Crippen molar-refractivity contribution < 1.29 is 0 Å². The summed E-state index contributed by atoms with van der Waals surface area (Å²) in [6.07, 6.45) is 1.78. The summed E-state index contributed by atoms with van der Waals surface area (Å²) >= 11 is 14.6. The van der Waals surface area contributed by atoms with Crippen molar-refractivity contribution in [1.82, 2.24) is 0 Å². The molecule has 23 radical (unpaired) electrons. The molecule has 0 saturated carbocycles. The molecule has 0 aliphatic rings. The van der Waals surface area contributed by atoms with Crippen LogP contribution in [0, 0.1) is 0 Å². The second-order valence-corrected chi connectivity index (χ2v) is 13.3. The molecule has 0 N–H and O–H groups in total. The predicted molar refractivity (Wildman–Crippen MR) is 217 cm³/mol. The summed E-state index contributed by atoms with van der Waals surface area (Å²) < 4.78 is 0. The van der Waals surface area contributed by atoms with Crippen LogP contribution in [-0.2, 0) is 5.41 Å². The summed E-state index contributed by atoms with van der Waals surface area (Å²) in [6.45, 7) is 6.27. The third-order valence-electron chi connectivity index (χ3n) is 7.91. The molecule has 4 rings (SSSR count). The summed E-state index contributed by atoms with van der Waals surface area (Å²) in [5, 5.41) is -0.0226. The zero-order valence-corrected chi connectivity index (χ0v) is 28.2. The number of rotatable bonds is 6. The number of nitrogens with zero attached hydrogens (tertiary/aromatic N) is 1. The van der Waals surface area contributed by atoms with Gasteiger partial charge in [0.1, 0.15) is 0 Å². The second-order valence-electron chi connectivity index (χ2n) is 11.7. The van der Waals surface area contributed by atoms with Gasteiger partial charge in [-0.3, -0.25) is 0 Å². The molecule has 0 atom stereocenters. The quantitative estimate of drug-likeness (QED) is 0.159. The average molecular weight is 623 g/mol. The van der Waals surface area contributed by atoms with Crippen LogP contribution in [0.1, 0.15) is 31.9 Å². The van der Waals surface area contributed by atoms with E-state index in [-0.39, 0.29) is 104 Å². The normalized spacial score (nSPS) is 11.5. The third-order valence-corrected chi connectivity index (χ3v) is 9.60. The van der Waals surface area contributed by atoms with Crippen LogP contribution in [0.3, 0.4) is 0 Å². The van der Waals surface area contributed by atoms with Gasteiger partial charge in [-0.15, -0.1) is 0 Å². The van der Waals surface area contributed by atoms with E-state index >= 15 is 0 Å². The Bertz CT molecular complexity index is 1870. The number of thioether (sulfide) groups is 1. The molecule has 0 heterocycles. The molecule has 0 amide bonds. The van der Waals surface area contributed by atoms with E-state index in [4.69, 9.17) is 117 Å². The van der Waals surface area contributed by atoms with Gasteiger partial charge < -0.3 is 0 Å². The van der Waals surface area contributed by atoms with Crippen LogP contribution >= 0.6 is 35.0 Å². The molecule has 0 fully saturated rings. The van der Waals surface area contributed by atoms with Crippen molar-refractivity contribution in [3.63, 3.8) is 0 Å². The summed E-state index contributed by atoms with van der Waals surface area (Å²) in [5.41, 5.74) is 2.50. The van der Waals surface area contributed by atoms with E-state index in [1.54, 1.807) is 11.2 Å². The number of halogens is 2. The third kappa shape index (κ3) is 6.14. The van der Waals surface area contributed by atoms with Gasteiger partial charge in [0, 0.05) is 0 Å². The van der Waals surface area contributed by atoms with E-state index in [0.717, 1.165) is 5.56 Å². The van der Waals surface area contributed by atoms with Gasteiger partial charge in [0.05, 0.1) is 0 Å². The van der Waals surface area contributed by atoms with Gasteiger partial charge in [-0.1, -0.05) is 0 Å². The van der Waals surface area contributed by atoms with Crippen LogP contribution in [0.15, 0.2) is 29.2 Å². The van der Waals surface area contributed by atoms with Gasteiger partial charge in [-0.05, 0) is 0 Å². The molecule has 0 unspecified atom stereocenters. The van der Waals surface area contributed by atoms with Crippen LogP contribution in [0.4, 0.5) is 11.4 Å². The van der Waals surface area contributed by atoms with E-state index in [2.05, 4.69) is 20.8 Å². The molecule has 0 bridgehead atoms. The first-order valence-corrected chi connectivity index (χ1v) is 15.7. The zero-order valence-electron chi connectivity index (χ0n) is 25.8. The zero-order chi connectivity index (χ0) is 34.7. The number of benzene rings is 4. The first kappa shape index (κ1) is 37.1. The number of hydrogen-bond acceptors (Lipinski definition) is 2. The first-order valence-electron chi connectivity index (χ1n) is 13.7. The first-order chi connectivity index (χ1) is 21.3. The molecule has 0 saturated heterocycles. The van der Waals surface area contributed by atoms with Gasteiger partial charge in [0.2, 0.25) is 0 Å². The Balaban J connectivity index is 2.16. The van der Waals surface area contributed by atoms with E-state index in [1.807, 2.05) is 24.3 Å². The summed E-state index contributed by atoms with van der Waals surface area (Å²) in [7, 11) is 77.6. The fourth-order valence-corrected chi connectivity index (χ4v) is 6.43. The van der Waals surface area contributed by atoms with Gasteiger partial charge >= 0.3 is 305 Å². The Morgan fingerprint density at radius 3 is 1.50 bits per heavy atom. The van der Waals surface area contributed by atoms with Crippen molar-refractivity contribution in [2.24, 2.45) is 0 Å². The van der Waals surface area contributed by atoms with Gasteiger partial charge in [0.15, 0.2) is 0 Å². The summed E-state index contributed by atoms with van der Waals surface area (Å²) in [5.74, 6) is 0. The maximum atomic E-state index is 7.10. The molecule has 16 heteroatoms. The van der Waals surface area contributed by atoms with Crippen LogP contribution in [0.25, 0.3) is 11.1 Å². The SMILES string of the molecule is [B]c1c([B])c([B])c(-c2c([B])c([B])c(SC)c(C(=[B])N(c3ccc(C(C)(C)C)cc3)c3c([B])c([B])c([B])c(Cl)c3Cl)c2[B])c([B])c1[B]. The molecular weight excluding hydrogens is 607 g/mol. The van der Waals surface area contributed by atoms with Crippen molar-refractivity contribution in [1.29, 1.82) is 0 Å². The van der Waals surface area contributed by atoms with E-state index in [0.29, 0.717) is 10.6 Å². The Hall–Kier alpha value is -1.74. The van der Waals surface area contributed by atoms with Crippen molar-refractivity contribution in [3.8, 4) is 11.1 Å². The van der Waals surface area contributed by atoms with Crippen LogP contribution in [-0.4, -0.2) is 106 Å². The van der Waals surface area contributed by atoms with Crippen molar-refractivity contribution >= 4 is 206 Å². The van der Waals surface area contributed by atoms with Crippen molar-refractivity contribution in [3.05, 3.63) is 45.4 Å². The Kier molecular flexibility index (Phi) is 11.0. The fourth-order valence-electron chi connectivity index (χ4n) is 5.20. The average Bonchev–Trinajstić information content (AvgIpc) is 3.01. The molecule has 0 spiro atoms. The van der Waals surface area contributed by atoms with E-state index < -0.39 is 0 Å². The molecule has 1 nitrogen and oxygen atoms in total. The topological polar surface area (TPSA) is 3.24 Å². The van der Waals surface area contributed by atoms with Gasteiger partial charge in [0.25, 0.3) is 0 Å². The molecule has 197 valence electrons. The number of hydrogen-bond donors (Lipinski definition) is 0. The number of anilines is 2. The minimum atomic E-state index is -0.149. The summed E-state index contributed by atoms with van der Waals surface area (Å²) in [6, 6.07) is 7.59. The monoisotopic (exact) mass is 624 g/mol.